The van der Waals surface area contributed by atoms with Crippen molar-refractivity contribution in [1.29, 1.82) is 0 Å². The lowest BCUT2D eigenvalue weighted by Crippen LogP contribution is -2.31. The summed E-state index contributed by atoms with van der Waals surface area (Å²) in [4.78, 5) is 10.6. The van der Waals surface area contributed by atoms with Crippen molar-refractivity contribution in [1.82, 2.24) is 0 Å². The summed E-state index contributed by atoms with van der Waals surface area (Å²) < 4.78 is 14.7. The number of carbonyl (C=O) groups excluding carboxylic acids is 1. The number of carbonyl (C=O) groups is 1. The van der Waals surface area contributed by atoms with Crippen LogP contribution in [0.3, 0.4) is 0 Å². The van der Waals surface area contributed by atoms with Gasteiger partial charge in [-0.05, 0) is 13.8 Å². The molecule has 0 spiro atoms. The molecule has 1 aliphatic rings. The summed E-state index contributed by atoms with van der Waals surface area (Å²) in [5.74, 6) is 0. The lowest BCUT2D eigenvalue weighted by molar-refractivity contribution is -0.0878. The van der Waals surface area contributed by atoms with Gasteiger partial charge in [-0.2, -0.15) is 0 Å². The van der Waals surface area contributed by atoms with Gasteiger partial charge in [0.2, 0.25) is 0 Å². The lowest BCUT2D eigenvalue weighted by atomic mass is 10.4. The van der Waals surface area contributed by atoms with Crippen molar-refractivity contribution in [2.75, 3.05) is 13.2 Å². The summed E-state index contributed by atoms with van der Waals surface area (Å²) in [6.45, 7) is 4.25. The van der Waals surface area contributed by atoms with Gasteiger partial charge in [0, 0.05) is 0 Å². The van der Waals surface area contributed by atoms with E-state index in [0.717, 1.165) is 0 Å². The number of rotatable bonds is 0. The van der Waals surface area contributed by atoms with Crippen molar-refractivity contribution in [3.63, 3.8) is 0 Å². The van der Waals surface area contributed by atoms with Crippen LogP contribution in [0.4, 0.5) is 4.79 Å². The molecule has 0 aromatic carbocycles. The van der Waals surface area contributed by atoms with E-state index in [4.69, 9.17) is 4.74 Å². The van der Waals surface area contributed by atoms with Crippen LogP contribution in [0.25, 0.3) is 0 Å². The summed E-state index contributed by atoms with van der Waals surface area (Å²) in [6, 6.07) is 0. The van der Waals surface area contributed by atoms with E-state index in [1.807, 2.05) is 13.8 Å². The second-order valence-corrected chi connectivity index (χ2v) is 2.63. The normalized spacial score (nSPS) is 33.1. The zero-order valence-electron chi connectivity index (χ0n) is 6.70. The number of cyclic esters (lactones) is 2. The highest BCUT2D eigenvalue weighted by Gasteiger charge is 2.17. The zero-order chi connectivity index (χ0) is 8.27. The van der Waals surface area contributed by atoms with E-state index < -0.39 is 6.16 Å². The fraction of sp³-hybridized carbons (Fsp3) is 0.857. The van der Waals surface area contributed by atoms with E-state index in [1.54, 1.807) is 0 Å². The maximum Gasteiger partial charge on any atom is 0.508 e. The molecule has 4 nitrogen and oxygen atoms in total. The standard InChI is InChI=1S/C7H12O4/c1-5-3-9-7(8)10-4-6(2)11-5/h5-6H,3-4H2,1-2H3. The molecule has 0 radical (unpaired) electrons. The Balaban J connectivity index is 2.40. The third-order valence-electron chi connectivity index (χ3n) is 1.34. The summed E-state index contributed by atoms with van der Waals surface area (Å²) in [5.41, 5.74) is 0. The van der Waals surface area contributed by atoms with Gasteiger partial charge in [-0.1, -0.05) is 0 Å². The van der Waals surface area contributed by atoms with Crippen molar-refractivity contribution in [2.45, 2.75) is 26.1 Å². The van der Waals surface area contributed by atoms with Crippen molar-refractivity contribution in [3.05, 3.63) is 0 Å². The van der Waals surface area contributed by atoms with Crippen LogP contribution >= 0.6 is 0 Å². The van der Waals surface area contributed by atoms with Crippen molar-refractivity contribution >= 4 is 6.16 Å². The smallest absolute Gasteiger partial charge is 0.432 e. The van der Waals surface area contributed by atoms with E-state index in [0.29, 0.717) is 0 Å². The van der Waals surface area contributed by atoms with Gasteiger partial charge < -0.3 is 14.2 Å². The van der Waals surface area contributed by atoms with E-state index in [-0.39, 0.29) is 25.4 Å². The van der Waals surface area contributed by atoms with Gasteiger partial charge in [0.05, 0.1) is 12.2 Å². The van der Waals surface area contributed by atoms with Crippen molar-refractivity contribution in [2.24, 2.45) is 0 Å². The van der Waals surface area contributed by atoms with Gasteiger partial charge in [-0.25, -0.2) is 4.79 Å². The molecule has 0 bridgehead atoms. The molecule has 11 heavy (non-hydrogen) atoms. The largest absolute Gasteiger partial charge is 0.508 e. The predicted octanol–water partition coefficient (Wildman–Crippen LogP) is 0.947. The Morgan fingerprint density at radius 1 is 1.18 bits per heavy atom. The molecule has 1 heterocycles. The molecule has 0 aromatic heterocycles. The van der Waals surface area contributed by atoms with E-state index in [2.05, 4.69) is 9.47 Å². The van der Waals surface area contributed by atoms with Crippen molar-refractivity contribution < 1.29 is 19.0 Å². The Hall–Kier alpha value is -0.770. The Morgan fingerprint density at radius 3 is 2.09 bits per heavy atom. The summed E-state index contributed by atoms with van der Waals surface area (Å²) in [6.07, 6.45) is -0.692. The minimum absolute atomic E-state index is 0.0437. The molecule has 1 saturated heterocycles. The van der Waals surface area contributed by atoms with Crippen LogP contribution in [0, 0.1) is 0 Å². The topological polar surface area (TPSA) is 44.8 Å². The van der Waals surface area contributed by atoms with Gasteiger partial charge >= 0.3 is 6.16 Å². The van der Waals surface area contributed by atoms with Gasteiger partial charge in [0.15, 0.2) is 0 Å². The third kappa shape index (κ3) is 2.76. The van der Waals surface area contributed by atoms with E-state index in [9.17, 15) is 4.79 Å². The average Bonchev–Trinajstić information content (AvgIpc) is 1.95. The highest BCUT2D eigenvalue weighted by atomic mass is 16.7. The maximum atomic E-state index is 10.6. The fourth-order valence-corrected chi connectivity index (χ4v) is 0.888. The minimum Gasteiger partial charge on any atom is -0.432 e. The molecule has 0 aromatic rings. The zero-order valence-corrected chi connectivity index (χ0v) is 6.70. The molecule has 0 amide bonds. The first-order valence-corrected chi connectivity index (χ1v) is 3.63. The van der Waals surface area contributed by atoms with Crippen LogP contribution in [-0.2, 0) is 14.2 Å². The average molecular weight is 160 g/mol. The van der Waals surface area contributed by atoms with Crippen molar-refractivity contribution in [3.8, 4) is 0 Å². The molecule has 0 saturated carbocycles. The summed E-state index contributed by atoms with van der Waals surface area (Å²) in [7, 11) is 0. The van der Waals surface area contributed by atoms with Gasteiger partial charge in [0.1, 0.15) is 13.2 Å². The second-order valence-electron chi connectivity index (χ2n) is 2.63. The minimum atomic E-state index is -0.605. The highest BCUT2D eigenvalue weighted by molar-refractivity contribution is 5.59. The van der Waals surface area contributed by atoms with Crippen LogP contribution in [-0.4, -0.2) is 31.6 Å². The number of hydrogen-bond donors (Lipinski definition) is 0. The molecule has 0 aliphatic carbocycles. The molecular weight excluding hydrogens is 148 g/mol. The van der Waals surface area contributed by atoms with Crippen LogP contribution in [0.2, 0.25) is 0 Å². The highest BCUT2D eigenvalue weighted by Crippen LogP contribution is 2.04. The lowest BCUT2D eigenvalue weighted by Gasteiger charge is -2.21. The third-order valence-corrected chi connectivity index (χ3v) is 1.34. The second kappa shape index (κ2) is 3.57. The predicted molar refractivity (Wildman–Crippen MR) is 37.3 cm³/mol. The quantitative estimate of drug-likeness (QED) is 0.495. The van der Waals surface area contributed by atoms with Crippen LogP contribution in [0.5, 0.6) is 0 Å². The summed E-state index contributed by atoms with van der Waals surface area (Å²) in [5, 5.41) is 0. The van der Waals surface area contributed by atoms with Crippen LogP contribution in [0.1, 0.15) is 13.8 Å². The molecule has 0 N–H and O–H groups in total. The molecule has 1 fully saturated rings. The Bertz CT molecular complexity index is 131. The fourth-order valence-electron chi connectivity index (χ4n) is 0.888. The first kappa shape index (κ1) is 8.33. The molecular formula is C7H12O4. The first-order chi connectivity index (χ1) is 5.18. The maximum absolute atomic E-state index is 10.6. The number of ether oxygens (including phenoxy) is 3. The molecule has 2 atom stereocenters. The Kier molecular flexibility index (Phi) is 2.70. The van der Waals surface area contributed by atoms with Gasteiger partial charge in [-0.15, -0.1) is 0 Å². The summed E-state index contributed by atoms with van der Waals surface area (Å²) >= 11 is 0. The van der Waals surface area contributed by atoms with E-state index in [1.165, 1.54) is 0 Å². The first-order valence-electron chi connectivity index (χ1n) is 3.63. The molecule has 64 valence electrons. The van der Waals surface area contributed by atoms with E-state index >= 15 is 0 Å². The SMILES string of the molecule is CC1COC(=O)OCC(C)O1. The monoisotopic (exact) mass is 160 g/mol. The Labute approximate surface area is 65.4 Å². The molecule has 2 unspecified atom stereocenters. The molecule has 4 heteroatoms. The van der Waals surface area contributed by atoms with Gasteiger partial charge in [0.25, 0.3) is 0 Å². The number of hydrogen-bond acceptors (Lipinski definition) is 4. The van der Waals surface area contributed by atoms with Crippen LogP contribution < -0.4 is 0 Å². The molecule has 1 rings (SSSR count). The van der Waals surface area contributed by atoms with Crippen LogP contribution in [0.15, 0.2) is 0 Å². The Morgan fingerprint density at radius 2 is 1.64 bits per heavy atom. The van der Waals surface area contributed by atoms with Gasteiger partial charge in [-0.3, -0.25) is 0 Å². The molecule has 1 aliphatic heterocycles.